The molecular formula is C18H28N4O3. The smallest absolute Gasteiger partial charge is 0.315 e. The molecule has 1 aromatic heterocycles. The van der Waals surface area contributed by atoms with Crippen molar-refractivity contribution in [3.8, 4) is 0 Å². The van der Waals surface area contributed by atoms with Crippen LogP contribution in [-0.2, 0) is 16.0 Å². The third kappa shape index (κ3) is 5.06. The van der Waals surface area contributed by atoms with Gasteiger partial charge in [0.15, 0.2) is 0 Å². The van der Waals surface area contributed by atoms with Gasteiger partial charge >= 0.3 is 6.03 Å². The van der Waals surface area contributed by atoms with E-state index in [9.17, 15) is 4.79 Å². The number of morpholine rings is 1. The van der Waals surface area contributed by atoms with E-state index in [0.717, 1.165) is 50.5 Å². The van der Waals surface area contributed by atoms with Gasteiger partial charge in [-0.3, -0.25) is 0 Å². The van der Waals surface area contributed by atoms with Gasteiger partial charge in [-0.2, -0.15) is 0 Å². The molecule has 2 N–H and O–H groups in total. The number of urea groups is 1. The summed E-state index contributed by atoms with van der Waals surface area (Å²) < 4.78 is 11.1. The summed E-state index contributed by atoms with van der Waals surface area (Å²) in [6.07, 6.45) is 4.25. The molecule has 0 radical (unpaired) electrons. The number of hydrogen-bond donors (Lipinski definition) is 2. The lowest BCUT2D eigenvalue weighted by atomic mass is 10.1. The number of carbonyl (C=O) groups excluding carboxylic acids is 1. The largest absolute Gasteiger partial charge is 0.376 e. The van der Waals surface area contributed by atoms with Crippen LogP contribution in [0, 0.1) is 0 Å². The van der Waals surface area contributed by atoms with E-state index in [2.05, 4.69) is 27.4 Å². The highest BCUT2D eigenvalue weighted by Crippen LogP contribution is 2.16. The van der Waals surface area contributed by atoms with Crippen LogP contribution in [0.3, 0.4) is 0 Å². The van der Waals surface area contributed by atoms with Gasteiger partial charge in [-0.1, -0.05) is 6.07 Å². The highest BCUT2D eigenvalue weighted by molar-refractivity contribution is 5.74. The number of nitrogens with one attached hydrogen (secondary N) is 2. The van der Waals surface area contributed by atoms with E-state index in [1.54, 1.807) is 0 Å². The minimum absolute atomic E-state index is 0.0197. The molecular weight excluding hydrogens is 320 g/mol. The van der Waals surface area contributed by atoms with E-state index in [1.165, 1.54) is 0 Å². The SMILES string of the molecule is CC1CN(c2ccc(CNC(=O)NC(C)C3CCCO3)cn2)CCO1. The molecule has 3 atom stereocenters. The number of pyridine rings is 1. The Morgan fingerprint density at radius 2 is 2.28 bits per heavy atom. The third-order valence-electron chi connectivity index (χ3n) is 4.71. The van der Waals surface area contributed by atoms with Crippen molar-refractivity contribution in [2.24, 2.45) is 0 Å². The van der Waals surface area contributed by atoms with E-state index >= 15 is 0 Å². The van der Waals surface area contributed by atoms with E-state index < -0.39 is 0 Å². The monoisotopic (exact) mass is 348 g/mol. The highest BCUT2D eigenvalue weighted by atomic mass is 16.5. The maximum Gasteiger partial charge on any atom is 0.315 e. The Balaban J connectivity index is 1.44. The Hall–Kier alpha value is -1.86. The van der Waals surface area contributed by atoms with Crippen molar-refractivity contribution in [1.82, 2.24) is 15.6 Å². The second-order valence-corrected chi connectivity index (χ2v) is 6.82. The summed E-state index contributed by atoms with van der Waals surface area (Å²) in [4.78, 5) is 18.8. The van der Waals surface area contributed by atoms with Gasteiger partial charge < -0.3 is 25.0 Å². The number of hydrogen-bond acceptors (Lipinski definition) is 5. The Labute approximate surface area is 149 Å². The fraction of sp³-hybridized carbons (Fsp3) is 0.667. The summed E-state index contributed by atoms with van der Waals surface area (Å²) in [7, 11) is 0. The van der Waals surface area contributed by atoms with Crippen LogP contribution in [0.4, 0.5) is 10.6 Å². The van der Waals surface area contributed by atoms with Crippen LogP contribution in [0.25, 0.3) is 0 Å². The topological polar surface area (TPSA) is 75.7 Å². The van der Waals surface area contributed by atoms with Gasteiger partial charge in [-0.25, -0.2) is 9.78 Å². The zero-order valence-electron chi connectivity index (χ0n) is 15.0. The molecule has 3 rings (SSSR count). The molecule has 3 heterocycles. The van der Waals surface area contributed by atoms with Crippen molar-refractivity contribution in [2.45, 2.75) is 51.5 Å². The van der Waals surface area contributed by atoms with Crippen LogP contribution >= 0.6 is 0 Å². The van der Waals surface area contributed by atoms with Gasteiger partial charge in [0.05, 0.1) is 24.9 Å². The Kier molecular flexibility index (Phi) is 6.09. The molecule has 2 fully saturated rings. The Bertz CT molecular complexity index is 560. The van der Waals surface area contributed by atoms with Crippen molar-refractivity contribution in [3.63, 3.8) is 0 Å². The van der Waals surface area contributed by atoms with Crippen LogP contribution in [0.15, 0.2) is 18.3 Å². The molecule has 2 aliphatic heterocycles. The van der Waals surface area contributed by atoms with Gasteiger partial charge in [-0.15, -0.1) is 0 Å². The average Bonchev–Trinajstić information content (AvgIpc) is 3.15. The maximum absolute atomic E-state index is 12.0. The van der Waals surface area contributed by atoms with Crippen molar-refractivity contribution in [2.75, 3.05) is 31.2 Å². The fourth-order valence-corrected chi connectivity index (χ4v) is 3.26. The number of rotatable bonds is 5. The maximum atomic E-state index is 12.0. The van der Waals surface area contributed by atoms with E-state index in [4.69, 9.17) is 9.47 Å². The lowest BCUT2D eigenvalue weighted by Gasteiger charge is -2.32. The standard InChI is InChI=1S/C18H28N4O3/c1-13-12-22(7-9-24-13)17-6-5-15(10-19-17)11-20-18(23)21-14(2)16-4-3-8-25-16/h5-6,10,13-14,16H,3-4,7-9,11-12H2,1-2H3,(H2,20,21,23). The van der Waals surface area contributed by atoms with Crippen LogP contribution < -0.4 is 15.5 Å². The van der Waals surface area contributed by atoms with Crippen molar-refractivity contribution >= 4 is 11.8 Å². The first-order valence-electron chi connectivity index (χ1n) is 9.09. The van der Waals surface area contributed by atoms with Gasteiger partial charge in [0.2, 0.25) is 0 Å². The molecule has 0 saturated carbocycles. The molecule has 0 aliphatic carbocycles. The number of nitrogens with zero attached hydrogens (tertiary/aromatic N) is 2. The number of amides is 2. The Morgan fingerprint density at radius 1 is 1.40 bits per heavy atom. The zero-order chi connectivity index (χ0) is 17.6. The predicted octanol–water partition coefficient (Wildman–Crippen LogP) is 1.67. The molecule has 25 heavy (non-hydrogen) atoms. The Morgan fingerprint density at radius 3 is 2.96 bits per heavy atom. The third-order valence-corrected chi connectivity index (χ3v) is 4.71. The second-order valence-electron chi connectivity index (χ2n) is 6.82. The molecule has 7 nitrogen and oxygen atoms in total. The summed E-state index contributed by atoms with van der Waals surface area (Å²) >= 11 is 0. The van der Waals surface area contributed by atoms with Crippen LogP contribution in [-0.4, -0.2) is 55.6 Å². The number of ether oxygens (including phenoxy) is 2. The van der Waals surface area contributed by atoms with Crippen LogP contribution in [0.1, 0.15) is 32.3 Å². The van der Waals surface area contributed by atoms with E-state index in [0.29, 0.717) is 6.54 Å². The molecule has 2 saturated heterocycles. The van der Waals surface area contributed by atoms with Crippen LogP contribution in [0.5, 0.6) is 0 Å². The first-order chi connectivity index (χ1) is 12.1. The molecule has 2 aliphatic rings. The number of carbonyl (C=O) groups is 1. The molecule has 138 valence electrons. The summed E-state index contributed by atoms with van der Waals surface area (Å²) in [6, 6.07) is 3.86. The van der Waals surface area contributed by atoms with Gasteiger partial charge in [0.25, 0.3) is 0 Å². The van der Waals surface area contributed by atoms with Gasteiger partial charge in [0, 0.05) is 32.4 Å². The average molecular weight is 348 g/mol. The minimum atomic E-state index is -0.172. The molecule has 0 spiro atoms. The van der Waals surface area contributed by atoms with Gasteiger partial charge in [-0.05, 0) is 38.3 Å². The molecule has 2 amide bonds. The quantitative estimate of drug-likeness (QED) is 0.847. The normalized spacial score (nSPS) is 24.8. The second kappa shape index (κ2) is 8.49. The summed E-state index contributed by atoms with van der Waals surface area (Å²) in [6.45, 7) is 7.74. The summed E-state index contributed by atoms with van der Waals surface area (Å²) in [5.41, 5.74) is 0.977. The molecule has 1 aromatic rings. The minimum Gasteiger partial charge on any atom is -0.376 e. The molecule has 0 aromatic carbocycles. The van der Waals surface area contributed by atoms with Gasteiger partial charge in [0.1, 0.15) is 5.82 Å². The van der Waals surface area contributed by atoms with E-state index in [-0.39, 0.29) is 24.3 Å². The van der Waals surface area contributed by atoms with Crippen LogP contribution in [0.2, 0.25) is 0 Å². The predicted molar refractivity (Wildman–Crippen MR) is 95.7 cm³/mol. The first kappa shape index (κ1) is 17.9. The summed E-state index contributed by atoms with van der Waals surface area (Å²) in [5, 5.41) is 5.82. The number of anilines is 1. The molecule has 7 heteroatoms. The zero-order valence-corrected chi connectivity index (χ0v) is 15.0. The summed E-state index contributed by atoms with van der Waals surface area (Å²) in [5.74, 6) is 0.954. The lowest BCUT2D eigenvalue weighted by molar-refractivity contribution is 0.0529. The highest BCUT2D eigenvalue weighted by Gasteiger charge is 2.23. The first-order valence-corrected chi connectivity index (χ1v) is 9.09. The number of aromatic nitrogens is 1. The van der Waals surface area contributed by atoms with E-state index in [1.807, 2.05) is 25.3 Å². The fourth-order valence-electron chi connectivity index (χ4n) is 3.26. The van der Waals surface area contributed by atoms with Crippen molar-refractivity contribution < 1.29 is 14.3 Å². The lowest BCUT2D eigenvalue weighted by Crippen LogP contribution is -2.45. The molecule has 0 bridgehead atoms. The van der Waals surface area contributed by atoms with Crippen molar-refractivity contribution in [3.05, 3.63) is 23.9 Å². The molecule has 3 unspecified atom stereocenters. The van der Waals surface area contributed by atoms with Crippen molar-refractivity contribution in [1.29, 1.82) is 0 Å².